The van der Waals surface area contributed by atoms with Gasteiger partial charge in [-0.2, -0.15) is 0 Å². The summed E-state index contributed by atoms with van der Waals surface area (Å²) in [5.41, 5.74) is 9.75. The Morgan fingerprint density at radius 1 is 0.408 bits per heavy atom. The molecule has 9 aromatic carbocycles. The van der Waals surface area contributed by atoms with Crippen LogP contribution in [0.4, 0.5) is 0 Å². The Morgan fingerprint density at radius 2 is 0.959 bits per heavy atom. The monoisotopic (exact) mass is 622 g/mol. The number of rotatable bonds is 5. The van der Waals surface area contributed by atoms with Gasteiger partial charge in [0, 0.05) is 0 Å². The zero-order chi connectivity index (χ0) is 32.9. The topological polar surface area (TPSA) is 0 Å². The van der Waals surface area contributed by atoms with E-state index in [1.807, 2.05) is 6.08 Å². The standard InChI is InChI=1S/C49H34/c1-3-14-34-29-37(27-25-32(34)4-2)49-44-23-11-9-21-42(44)48(43-22-10-12-24-45(43)49)36-17-13-16-35(30-36)46-31-38-28-26-33-15-5-6-18-39(33)47(38)41-20-8-7-19-40(41)46/h3-31H,2H2,1H3/b14-3-. The first-order valence-electron chi connectivity index (χ1n) is 17.0. The van der Waals surface area contributed by atoms with Crippen molar-refractivity contribution in [1.29, 1.82) is 0 Å². The maximum Gasteiger partial charge on any atom is -0.00262 e. The first-order valence-corrected chi connectivity index (χ1v) is 17.0. The third kappa shape index (κ3) is 4.68. The van der Waals surface area contributed by atoms with Crippen molar-refractivity contribution >= 4 is 66.0 Å². The lowest BCUT2D eigenvalue weighted by molar-refractivity contribution is 1.59. The normalized spacial score (nSPS) is 11.8. The van der Waals surface area contributed by atoms with E-state index in [2.05, 4.69) is 183 Å². The summed E-state index contributed by atoms with van der Waals surface area (Å²) in [5.74, 6) is 0. The maximum absolute atomic E-state index is 4.06. The van der Waals surface area contributed by atoms with Crippen molar-refractivity contribution < 1.29 is 0 Å². The summed E-state index contributed by atoms with van der Waals surface area (Å²) in [6.45, 7) is 6.13. The van der Waals surface area contributed by atoms with Crippen LogP contribution >= 0.6 is 0 Å². The second-order valence-corrected chi connectivity index (χ2v) is 12.8. The van der Waals surface area contributed by atoms with E-state index in [4.69, 9.17) is 0 Å². The smallest absolute Gasteiger partial charge is 0.00262 e. The second-order valence-electron chi connectivity index (χ2n) is 12.8. The zero-order valence-corrected chi connectivity index (χ0v) is 27.5. The molecule has 0 fully saturated rings. The van der Waals surface area contributed by atoms with E-state index in [9.17, 15) is 0 Å². The average Bonchev–Trinajstić information content (AvgIpc) is 3.16. The SMILES string of the molecule is C=Cc1ccc(-c2c3ccccc3c(-c3cccc(-c4cc5ccc6ccccc6c5c5ccccc45)c3)c3ccccc23)cc1/C=C\C. The summed E-state index contributed by atoms with van der Waals surface area (Å²) in [7, 11) is 0. The van der Waals surface area contributed by atoms with E-state index in [0.717, 1.165) is 5.56 Å². The van der Waals surface area contributed by atoms with Crippen molar-refractivity contribution in [3.05, 3.63) is 182 Å². The molecular formula is C49H34. The molecule has 0 spiro atoms. The van der Waals surface area contributed by atoms with Crippen LogP contribution in [0.2, 0.25) is 0 Å². The fourth-order valence-corrected chi connectivity index (χ4v) is 7.95. The third-order valence-electron chi connectivity index (χ3n) is 10.1. The van der Waals surface area contributed by atoms with Gasteiger partial charge in [-0.1, -0.05) is 164 Å². The molecule has 0 radical (unpaired) electrons. The molecule has 230 valence electrons. The van der Waals surface area contributed by atoms with E-state index in [-0.39, 0.29) is 0 Å². The minimum Gasteiger partial charge on any atom is -0.0984 e. The van der Waals surface area contributed by atoms with Gasteiger partial charge in [-0.3, -0.25) is 0 Å². The molecule has 0 saturated heterocycles. The van der Waals surface area contributed by atoms with Crippen LogP contribution < -0.4 is 0 Å². The molecule has 0 unspecified atom stereocenters. The van der Waals surface area contributed by atoms with Crippen LogP contribution in [0.25, 0.3) is 99.4 Å². The number of hydrogen-bond acceptors (Lipinski definition) is 0. The molecule has 0 aliphatic rings. The lowest BCUT2D eigenvalue weighted by Gasteiger charge is -2.19. The van der Waals surface area contributed by atoms with Crippen molar-refractivity contribution in [3.8, 4) is 33.4 Å². The van der Waals surface area contributed by atoms with Crippen molar-refractivity contribution in [3.63, 3.8) is 0 Å². The zero-order valence-electron chi connectivity index (χ0n) is 27.5. The van der Waals surface area contributed by atoms with Crippen LogP contribution in [0, 0.1) is 0 Å². The molecule has 0 heterocycles. The van der Waals surface area contributed by atoms with Crippen LogP contribution in [0.15, 0.2) is 170 Å². The van der Waals surface area contributed by atoms with Gasteiger partial charge < -0.3 is 0 Å². The summed E-state index contributed by atoms with van der Waals surface area (Å²) in [5, 5.41) is 12.7. The Morgan fingerprint density at radius 3 is 1.61 bits per heavy atom. The van der Waals surface area contributed by atoms with Gasteiger partial charge in [0.25, 0.3) is 0 Å². The Labute approximate surface area is 286 Å². The molecule has 0 saturated carbocycles. The Balaban J connectivity index is 1.30. The van der Waals surface area contributed by atoms with Gasteiger partial charge in [0.15, 0.2) is 0 Å². The largest absolute Gasteiger partial charge is 0.0984 e. The minimum atomic E-state index is 1.14. The van der Waals surface area contributed by atoms with E-state index in [0.29, 0.717) is 0 Å². The van der Waals surface area contributed by atoms with Crippen molar-refractivity contribution in [2.75, 3.05) is 0 Å². The fraction of sp³-hybridized carbons (Fsp3) is 0.0204. The van der Waals surface area contributed by atoms with Crippen LogP contribution in [0.3, 0.4) is 0 Å². The number of fused-ring (bicyclic) bond motifs is 7. The number of allylic oxidation sites excluding steroid dienone is 1. The summed E-state index contributed by atoms with van der Waals surface area (Å²) in [6.07, 6.45) is 6.20. The molecule has 0 bridgehead atoms. The molecular weight excluding hydrogens is 589 g/mol. The molecule has 0 heteroatoms. The van der Waals surface area contributed by atoms with Gasteiger partial charge in [0.2, 0.25) is 0 Å². The molecule has 0 N–H and O–H groups in total. The summed E-state index contributed by atoms with van der Waals surface area (Å²) >= 11 is 0. The molecule has 0 aliphatic carbocycles. The number of benzene rings is 9. The summed E-state index contributed by atoms with van der Waals surface area (Å²) < 4.78 is 0. The Kier molecular flexibility index (Phi) is 6.95. The molecule has 0 aliphatic heterocycles. The minimum absolute atomic E-state index is 1.14. The predicted octanol–water partition coefficient (Wildman–Crippen LogP) is 14.1. The molecule has 0 nitrogen and oxygen atoms in total. The van der Waals surface area contributed by atoms with Crippen molar-refractivity contribution in [1.82, 2.24) is 0 Å². The molecule has 49 heavy (non-hydrogen) atoms. The highest BCUT2D eigenvalue weighted by Gasteiger charge is 2.18. The van der Waals surface area contributed by atoms with Crippen LogP contribution in [0.1, 0.15) is 18.1 Å². The highest BCUT2D eigenvalue weighted by Crippen LogP contribution is 2.45. The second kappa shape index (κ2) is 11.8. The van der Waals surface area contributed by atoms with Gasteiger partial charge in [0.1, 0.15) is 0 Å². The van der Waals surface area contributed by atoms with E-state index in [1.165, 1.54) is 92.8 Å². The molecule has 0 amide bonds. The van der Waals surface area contributed by atoms with Gasteiger partial charge in [-0.25, -0.2) is 0 Å². The van der Waals surface area contributed by atoms with Crippen LogP contribution in [0.5, 0.6) is 0 Å². The van der Waals surface area contributed by atoms with Crippen LogP contribution in [-0.2, 0) is 0 Å². The van der Waals surface area contributed by atoms with Gasteiger partial charge in [-0.15, -0.1) is 0 Å². The van der Waals surface area contributed by atoms with E-state index < -0.39 is 0 Å². The van der Waals surface area contributed by atoms with E-state index in [1.54, 1.807) is 0 Å². The summed E-state index contributed by atoms with van der Waals surface area (Å²) in [6, 6.07) is 58.2. The van der Waals surface area contributed by atoms with Gasteiger partial charge in [-0.05, 0) is 123 Å². The highest BCUT2D eigenvalue weighted by molar-refractivity contribution is 6.24. The Bertz CT molecular complexity index is 2740. The van der Waals surface area contributed by atoms with Crippen LogP contribution in [-0.4, -0.2) is 0 Å². The predicted molar refractivity (Wildman–Crippen MR) is 215 cm³/mol. The maximum atomic E-state index is 4.06. The third-order valence-corrected chi connectivity index (χ3v) is 10.1. The lowest BCUT2D eigenvalue weighted by Crippen LogP contribution is -1.92. The first kappa shape index (κ1) is 28.9. The van der Waals surface area contributed by atoms with Gasteiger partial charge in [0.05, 0.1) is 0 Å². The highest BCUT2D eigenvalue weighted by atomic mass is 14.2. The number of hydrogen-bond donors (Lipinski definition) is 0. The molecule has 0 atom stereocenters. The van der Waals surface area contributed by atoms with E-state index >= 15 is 0 Å². The first-order chi connectivity index (χ1) is 24.2. The summed E-state index contributed by atoms with van der Waals surface area (Å²) in [4.78, 5) is 0. The fourth-order valence-electron chi connectivity index (χ4n) is 7.95. The molecule has 9 aromatic rings. The van der Waals surface area contributed by atoms with Crippen molar-refractivity contribution in [2.45, 2.75) is 6.92 Å². The molecule has 9 rings (SSSR count). The van der Waals surface area contributed by atoms with Gasteiger partial charge >= 0.3 is 0 Å². The average molecular weight is 623 g/mol. The molecule has 0 aromatic heterocycles. The quantitative estimate of drug-likeness (QED) is 0.132. The lowest BCUT2D eigenvalue weighted by atomic mass is 9.84. The Hall–Kier alpha value is -6.24. The van der Waals surface area contributed by atoms with Crippen molar-refractivity contribution in [2.24, 2.45) is 0 Å².